The van der Waals surface area contributed by atoms with Crippen molar-refractivity contribution in [2.75, 3.05) is 13.1 Å². The molecular formula is C23H24F2N4O3S. The molecule has 10 heteroatoms. The van der Waals surface area contributed by atoms with Crippen molar-refractivity contribution in [3.05, 3.63) is 83.4 Å². The van der Waals surface area contributed by atoms with Crippen LogP contribution in [0.5, 0.6) is 0 Å². The third-order valence-corrected chi connectivity index (χ3v) is 7.65. The van der Waals surface area contributed by atoms with E-state index >= 15 is 0 Å². The maximum Gasteiger partial charge on any atom is 0.252 e. The highest BCUT2D eigenvalue weighted by atomic mass is 32.2. The Morgan fingerprint density at radius 2 is 1.79 bits per heavy atom. The molecule has 174 valence electrons. The maximum absolute atomic E-state index is 14.6. The molecule has 7 nitrogen and oxygen atoms in total. The van der Waals surface area contributed by atoms with Gasteiger partial charge in [0.2, 0.25) is 10.0 Å². The van der Waals surface area contributed by atoms with Gasteiger partial charge >= 0.3 is 0 Å². The molecule has 0 aliphatic carbocycles. The van der Waals surface area contributed by atoms with Gasteiger partial charge in [0.15, 0.2) is 0 Å². The summed E-state index contributed by atoms with van der Waals surface area (Å²) in [6, 6.07) is 8.25. The zero-order chi connectivity index (χ0) is 23.6. The van der Waals surface area contributed by atoms with Gasteiger partial charge in [0.1, 0.15) is 28.4 Å². The van der Waals surface area contributed by atoms with E-state index in [1.807, 2.05) is 0 Å². The van der Waals surface area contributed by atoms with E-state index in [2.05, 4.69) is 10.3 Å². The zero-order valence-corrected chi connectivity index (χ0v) is 18.9. The number of carbonyl (C=O) groups excluding carboxylic acids is 1. The minimum atomic E-state index is -4.08. The molecule has 0 bridgehead atoms. The lowest BCUT2D eigenvalue weighted by Gasteiger charge is -2.26. The van der Waals surface area contributed by atoms with Crippen LogP contribution < -0.4 is 5.32 Å². The van der Waals surface area contributed by atoms with E-state index < -0.39 is 38.5 Å². The van der Waals surface area contributed by atoms with Gasteiger partial charge in [-0.25, -0.2) is 22.2 Å². The summed E-state index contributed by atoms with van der Waals surface area (Å²) < 4.78 is 58.0. The number of imidazole rings is 1. The van der Waals surface area contributed by atoms with Crippen molar-refractivity contribution < 1.29 is 22.0 Å². The lowest BCUT2D eigenvalue weighted by Crippen LogP contribution is -2.36. The van der Waals surface area contributed by atoms with Crippen LogP contribution in [0.15, 0.2) is 59.8 Å². The highest BCUT2D eigenvalue weighted by Gasteiger charge is 2.30. The fraction of sp³-hybridized carbons (Fsp3) is 0.304. The Labute approximate surface area is 191 Å². The molecule has 33 heavy (non-hydrogen) atoms. The molecule has 4 rings (SSSR count). The number of hydrogen-bond donors (Lipinski definition) is 1. The van der Waals surface area contributed by atoms with E-state index in [4.69, 9.17) is 0 Å². The molecule has 0 spiro atoms. The van der Waals surface area contributed by atoms with Gasteiger partial charge in [0, 0.05) is 43.7 Å². The minimum absolute atomic E-state index is 0.0532. The summed E-state index contributed by atoms with van der Waals surface area (Å²) in [7, 11) is -2.37. The quantitative estimate of drug-likeness (QED) is 0.594. The summed E-state index contributed by atoms with van der Waals surface area (Å²) in [6.07, 6.45) is 5.51. The number of benzene rings is 2. The molecule has 1 aliphatic rings. The van der Waals surface area contributed by atoms with Crippen molar-refractivity contribution in [3.63, 3.8) is 0 Å². The van der Waals surface area contributed by atoms with Crippen LogP contribution in [0.25, 0.3) is 0 Å². The number of piperidine rings is 1. The maximum atomic E-state index is 14.6. The highest BCUT2D eigenvalue weighted by molar-refractivity contribution is 7.89. The summed E-state index contributed by atoms with van der Waals surface area (Å²) >= 11 is 0. The van der Waals surface area contributed by atoms with Gasteiger partial charge in [-0.1, -0.05) is 24.6 Å². The van der Waals surface area contributed by atoms with Gasteiger partial charge in [-0.3, -0.25) is 4.79 Å². The summed E-state index contributed by atoms with van der Waals surface area (Å²) in [6.45, 7) is 0.624. The highest BCUT2D eigenvalue weighted by Crippen LogP contribution is 2.26. The van der Waals surface area contributed by atoms with Crippen molar-refractivity contribution in [2.24, 2.45) is 7.05 Å². The van der Waals surface area contributed by atoms with E-state index in [1.54, 1.807) is 23.9 Å². The van der Waals surface area contributed by atoms with Crippen LogP contribution >= 0.6 is 0 Å². The Morgan fingerprint density at radius 3 is 2.45 bits per heavy atom. The van der Waals surface area contributed by atoms with Crippen molar-refractivity contribution in [2.45, 2.75) is 30.2 Å². The average Bonchev–Trinajstić information content (AvgIpc) is 3.24. The van der Waals surface area contributed by atoms with Gasteiger partial charge in [-0.15, -0.1) is 0 Å². The van der Waals surface area contributed by atoms with Crippen molar-refractivity contribution in [1.82, 2.24) is 19.2 Å². The number of nitrogens with zero attached hydrogens (tertiary/aromatic N) is 3. The van der Waals surface area contributed by atoms with Gasteiger partial charge < -0.3 is 9.88 Å². The molecule has 1 aliphatic heterocycles. The molecule has 1 atom stereocenters. The third kappa shape index (κ3) is 4.67. The van der Waals surface area contributed by atoms with Gasteiger partial charge in [-0.2, -0.15) is 4.31 Å². The van der Waals surface area contributed by atoms with Crippen molar-refractivity contribution in [1.29, 1.82) is 0 Å². The first-order chi connectivity index (χ1) is 15.8. The largest absolute Gasteiger partial charge is 0.338 e. The SMILES string of the molecule is Cn1ccnc1C(NC(=O)c1ccc(F)c(S(=O)(=O)N2CCCCC2)c1)c1ccccc1F. The molecule has 0 saturated carbocycles. The summed E-state index contributed by atoms with van der Waals surface area (Å²) in [4.78, 5) is 16.8. The number of carbonyl (C=O) groups is 1. The third-order valence-electron chi connectivity index (χ3n) is 5.73. The number of aromatic nitrogens is 2. The van der Waals surface area contributed by atoms with Gasteiger partial charge in [-0.05, 0) is 37.1 Å². The number of sulfonamides is 1. The first kappa shape index (κ1) is 23.1. The van der Waals surface area contributed by atoms with E-state index in [1.165, 1.54) is 34.8 Å². The Morgan fingerprint density at radius 1 is 1.06 bits per heavy atom. The topological polar surface area (TPSA) is 84.3 Å². The number of nitrogens with one attached hydrogen (secondary N) is 1. The molecule has 1 N–H and O–H groups in total. The van der Waals surface area contributed by atoms with Crippen LogP contribution in [0.1, 0.15) is 47.1 Å². The van der Waals surface area contributed by atoms with Crippen molar-refractivity contribution >= 4 is 15.9 Å². The second-order valence-electron chi connectivity index (χ2n) is 7.93. The summed E-state index contributed by atoms with van der Waals surface area (Å²) in [5, 5.41) is 2.72. The molecule has 1 fully saturated rings. The molecule has 1 amide bonds. The van der Waals surface area contributed by atoms with E-state index in [-0.39, 0.29) is 11.1 Å². The molecule has 1 aromatic heterocycles. The fourth-order valence-electron chi connectivity index (χ4n) is 3.95. The molecule has 1 unspecified atom stereocenters. The monoisotopic (exact) mass is 474 g/mol. The van der Waals surface area contributed by atoms with Crippen LogP contribution in [-0.4, -0.2) is 41.3 Å². The number of halogens is 2. The minimum Gasteiger partial charge on any atom is -0.338 e. The van der Waals surface area contributed by atoms with Crippen LogP contribution in [0.2, 0.25) is 0 Å². The Balaban J connectivity index is 1.68. The molecule has 2 aromatic carbocycles. The first-order valence-electron chi connectivity index (χ1n) is 10.6. The fourth-order valence-corrected chi connectivity index (χ4v) is 5.55. The normalized spacial score (nSPS) is 15.8. The first-order valence-corrected chi connectivity index (χ1v) is 12.1. The predicted molar refractivity (Wildman–Crippen MR) is 118 cm³/mol. The average molecular weight is 475 g/mol. The van der Waals surface area contributed by atoms with Gasteiger partial charge in [0.25, 0.3) is 5.91 Å². The number of aryl methyl sites for hydroxylation is 1. The summed E-state index contributed by atoms with van der Waals surface area (Å²) in [5.74, 6) is -1.75. The van der Waals surface area contributed by atoms with Crippen LogP contribution in [-0.2, 0) is 17.1 Å². The van der Waals surface area contributed by atoms with Gasteiger partial charge in [0.05, 0.1) is 0 Å². The number of amides is 1. The predicted octanol–water partition coefficient (Wildman–Crippen LogP) is 3.39. The molecule has 1 saturated heterocycles. The van der Waals surface area contributed by atoms with Crippen molar-refractivity contribution in [3.8, 4) is 0 Å². The second kappa shape index (κ2) is 9.40. The van der Waals surface area contributed by atoms with Crippen LogP contribution in [0, 0.1) is 11.6 Å². The second-order valence-corrected chi connectivity index (χ2v) is 9.84. The Bertz CT molecular complexity index is 1270. The summed E-state index contributed by atoms with van der Waals surface area (Å²) in [5.41, 5.74) is 0.144. The molecule has 0 radical (unpaired) electrons. The van der Waals surface area contributed by atoms with Crippen LogP contribution in [0.3, 0.4) is 0 Å². The molecular weight excluding hydrogens is 450 g/mol. The number of hydrogen-bond acceptors (Lipinski definition) is 4. The van der Waals surface area contributed by atoms with Crippen LogP contribution in [0.4, 0.5) is 8.78 Å². The Kier molecular flexibility index (Phi) is 6.57. The van der Waals surface area contributed by atoms with E-state index in [9.17, 15) is 22.0 Å². The van der Waals surface area contributed by atoms with E-state index in [0.717, 1.165) is 18.6 Å². The lowest BCUT2D eigenvalue weighted by atomic mass is 10.0. The molecule has 3 aromatic rings. The zero-order valence-electron chi connectivity index (χ0n) is 18.0. The lowest BCUT2D eigenvalue weighted by molar-refractivity contribution is 0.0940. The smallest absolute Gasteiger partial charge is 0.252 e. The standard InChI is InChI=1S/C23H24F2N4O3S/c1-28-14-11-26-22(28)21(17-7-3-4-8-18(17)24)27-23(30)16-9-10-19(25)20(15-16)33(31,32)29-12-5-2-6-13-29/h3-4,7-11,14-15,21H,2,5-6,12-13H2,1H3,(H,27,30). The number of rotatable bonds is 6. The van der Waals surface area contributed by atoms with E-state index in [0.29, 0.717) is 31.8 Å². The molecule has 2 heterocycles. The Hall–Kier alpha value is -3.11.